The van der Waals surface area contributed by atoms with E-state index < -0.39 is 43.7 Å². The molecule has 2 aromatic carbocycles. The highest BCUT2D eigenvalue weighted by Crippen LogP contribution is 2.04. The fourth-order valence-electron chi connectivity index (χ4n) is 3.43. The van der Waals surface area contributed by atoms with E-state index in [2.05, 4.69) is 10.6 Å². The average Bonchev–Trinajstić information content (AvgIpc) is 2.82. The molecule has 0 aromatic heterocycles. The van der Waals surface area contributed by atoms with Crippen molar-refractivity contribution in [2.24, 2.45) is 0 Å². The van der Waals surface area contributed by atoms with E-state index in [9.17, 15) is 23.2 Å². The molecule has 0 aliphatic rings. The maximum Gasteiger partial charge on any atom is 0.491 e. The minimum Gasteiger partial charge on any atom is -0.480 e. The molecule has 11 nitrogen and oxygen atoms in total. The Morgan fingerprint density at radius 2 is 1.16 bits per heavy atom. The molecular weight excluding hydrogens is 494 g/mol. The normalized spacial score (nSPS) is 10.8. The minimum atomic E-state index is -2.00. The van der Waals surface area contributed by atoms with Crippen LogP contribution in [0.2, 0.25) is 0 Å². The predicted octanol–water partition coefficient (Wildman–Crippen LogP) is -2.35. The summed E-state index contributed by atoms with van der Waals surface area (Å²) in [5, 5.41) is 50.4. The molecule has 0 heterocycles. The molecule has 2 amide bonds. The van der Waals surface area contributed by atoms with Gasteiger partial charge in [-0.2, -0.15) is 0 Å². The molecule has 198 valence electrons. The molecule has 2 rings (SSSR count). The van der Waals surface area contributed by atoms with Crippen molar-refractivity contribution >= 4 is 42.9 Å². The van der Waals surface area contributed by atoms with Crippen molar-refractivity contribution in [1.29, 1.82) is 0 Å². The SMILES string of the molecule is O=C(O)CN(CCCNC(=O)c1ccc(B(O)O)c(F)c1)CCCNC(=O)c1ccc(B(O)O)c(F)c1. The largest absolute Gasteiger partial charge is 0.491 e. The Labute approximate surface area is 212 Å². The number of rotatable bonds is 14. The van der Waals surface area contributed by atoms with Crippen LogP contribution in [0, 0.1) is 11.6 Å². The fraction of sp³-hybridized carbons (Fsp3) is 0.318. The number of nitrogens with one attached hydrogen (secondary N) is 2. The summed E-state index contributed by atoms with van der Waals surface area (Å²) in [5.41, 5.74) is -0.739. The third kappa shape index (κ3) is 9.55. The summed E-state index contributed by atoms with van der Waals surface area (Å²) in [7, 11) is -4.00. The van der Waals surface area contributed by atoms with Crippen molar-refractivity contribution in [3.05, 3.63) is 59.2 Å². The van der Waals surface area contributed by atoms with Crippen molar-refractivity contribution in [3.63, 3.8) is 0 Å². The second-order valence-electron chi connectivity index (χ2n) is 8.11. The third-order valence-corrected chi connectivity index (χ3v) is 5.31. The van der Waals surface area contributed by atoms with E-state index in [1.165, 1.54) is 12.1 Å². The van der Waals surface area contributed by atoms with Crippen LogP contribution in [0.3, 0.4) is 0 Å². The molecule has 15 heteroatoms. The van der Waals surface area contributed by atoms with E-state index in [0.717, 1.165) is 24.3 Å². The number of carboxylic acid groups (broad SMARTS) is 1. The lowest BCUT2D eigenvalue weighted by atomic mass is 9.79. The molecule has 0 bridgehead atoms. The maximum atomic E-state index is 13.8. The quantitative estimate of drug-likeness (QED) is 0.106. The molecule has 0 saturated heterocycles. The van der Waals surface area contributed by atoms with E-state index in [-0.39, 0.29) is 41.7 Å². The monoisotopic (exact) mass is 521 g/mol. The Kier molecular flexibility index (Phi) is 11.6. The van der Waals surface area contributed by atoms with Gasteiger partial charge in [-0.25, -0.2) is 8.78 Å². The van der Waals surface area contributed by atoms with Crippen molar-refractivity contribution in [2.75, 3.05) is 32.7 Å². The highest BCUT2D eigenvalue weighted by atomic mass is 19.1. The summed E-state index contributed by atoms with van der Waals surface area (Å²) >= 11 is 0. The van der Waals surface area contributed by atoms with Crippen LogP contribution in [0.4, 0.5) is 8.78 Å². The molecule has 0 fully saturated rings. The van der Waals surface area contributed by atoms with Gasteiger partial charge in [0.25, 0.3) is 11.8 Å². The van der Waals surface area contributed by atoms with Crippen LogP contribution < -0.4 is 21.6 Å². The first kappa shape index (κ1) is 29.9. The van der Waals surface area contributed by atoms with E-state index in [4.69, 9.17) is 25.2 Å². The number of hydrogen-bond donors (Lipinski definition) is 7. The summed E-state index contributed by atoms with van der Waals surface area (Å²) in [5.74, 6) is -4.09. The highest BCUT2D eigenvalue weighted by molar-refractivity contribution is 6.59. The number of carbonyl (C=O) groups is 3. The Morgan fingerprint density at radius 1 is 0.757 bits per heavy atom. The van der Waals surface area contributed by atoms with Crippen LogP contribution in [0.5, 0.6) is 0 Å². The van der Waals surface area contributed by atoms with Gasteiger partial charge in [0.05, 0.1) is 6.54 Å². The van der Waals surface area contributed by atoms with Crippen LogP contribution in [0.25, 0.3) is 0 Å². The lowest BCUT2D eigenvalue weighted by Gasteiger charge is -2.20. The topological polar surface area (TPSA) is 180 Å². The van der Waals surface area contributed by atoms with Crippen molar-refractivity contribution < 1.29 is 48.4 Å². The molecule has 0 aliphatic heterocycles. The molecule has 0 unspecified atom stereocenters. The molecule has 0 radical (unpaired) electrons. The van der Waals surface area contributed by atoms with Crippen molar-refractivity contribution in [2.45, 2.75) is 12.8 Å². The summed E-state index contributed by atoms with van der Waals surface area (Å²) in [4.78, 5) is 37.1. The molecule has 0 aliphatic carbocycles. The van der Waals surface area contributed by atoms with Gasteiger partial charge in [0.15, 0.2) is 0 Å². The van der Waals surface area contributed by atoms with Crippen LogP contribution in [-0.4, -0.2) is 94.8 Å². The van der Waals surface area contributed by atoms with Gasteiger partial charge < -0.3 is 35.8 Å². The second kappa shape index (κ2) is 14.4. The molecule has 0 spiro atoms. The molecule has 2 aromatic rings. The van der Waals surface area contributed by atoms with Gasteiger partial charge in [-0.05, 0) is 37.1 Å². The Hall–Kier alpha value is -3.36. The first-order valence-electron chi connectivity index (χ1n) is 11.3. The van der Waals surface area contributed by atoms with E-state index >= 15 is 0 Å². The van der Waals surface area contributed by atoms with Gasteiger partial charge in [0.1, 0.15) is 11.6 Å². The molecular formula is C22H27B2F2N3O8. The van der Waals surface area contributed by atoms with Gasteiger partial charge in [-0.15, -0.1) is 0 Å². The first-order valence-corrected chi connectivity index (χ1v) is 11.3. The van der Waals surface area contributed by atoms with Crippen molar-refractivity contribution in [3.8, 4) is 0 Å². The first-order chi connectivity index (χ1) is 17.5. The van der Waals surface area contributed by atoms with E-state index in [0.29, 0.717) is 25.9 Å². The van der Waals surface area contributed by atoms with Gasteiger partial charge in [-0.1, -0.05) is 12.1 Å². The minimum absolute atomic E-state index is 0.0120. The van der Waals surface area contributed by atoms with Crippen LogP contribution in [0.1, 0.15) is 33.6 Å². The van der Waals surface area contributed by atoms with Gasteiger partial charge in [-0.3, -0.25) is 19.3 Å². The maximum absolute atomic E-state index is 13.8. The van der Waals surface area contributed by atoms with Gasteiger partial charge in [0, 0.05) is 48.2 Å². The Bertz CT molecular complexity index is 1030. The van der Waals surface area contributed by atoms with Crippen LogP contribution in [0.15, 0.2) is 36.4 Å². The number of carbonyl (C=O) groups excluding carboxylic acids is 2. The average molecular weight is 521 g/mol. The molecule has 0 saturated carbocycles. The number of halogens is 2. The van der Waals surface area contributed by atoms with Gasteiger partial charge >= 0.3 is 20.2 Å². The Morgan fingerprint density at radius 3 is 1.49 bits per heavy atom. The highest BCUT2D eigenvalue weighted by Gasteiger charge is 2.19. The number of nitrogens with zero attached hydrogens (tertiary/aromatic N) is 1. The zero-order valence-electron chi connectivity index (χ0n) is 19.7. The molecule has 7 N–H and O–H groups in total. The lowest BCUT2D eigenvalue weighted by molar-refractivity contribution is -0.138. The summed E-state index contributed by atoms with van der Waals surface area (Å²) in [6.45, 7) is 0.680. The zero-order chi connectivity index (χ0) is 27.5. The smallest absolute Gasteiger partial charge is 0.480 e. The van der Waals surface area contributed by atoms with Crippen molar-refractivity contribution in [1.82, 2.24) is 15.5 Å². The molecule has 0 atom stereocenters. The predicted molar refractivity (Wildman–Crippen MR) is 130 cm³/mol. The second-order valence-corrected chi connectivity index (χ2v) is 8.11. The third-order valence-electron chi connectivity index (χ3n) is 5.31. The summed E-state index contributed by atoms with van der Waals surface area (Å²) in [6.07, 6.45) is 0.757. The van der Waals surface area contributed by atoms with Crippen LogP contribution in [-0.2, 0) is 4.79 Å². The van der Waals surface area contributed by atoms with E-state index in [1.807, 2.05) is 0 Å². The summed E-state index contributed by atoms with van der Waals surface area (Å²) in [6, 6.07) is 6.44. The van der Waals surface area contributed by atoms with Gasteiger partial charge in [0.2, 0.25) is 0 Å². The fourth-order valence-corrected chi connectivity index (χ4v) is 3.43. The number of benzene rings is 2. The van der Waals surface area contributed by atoms with Crippen LogP contribution >= 0.6 is 0 Å². The standard InChI is InChI=1S/C22H27B2F2N3O8/c25-18-11-14(3-5-16(18)23(34)35)21(32)27-7-1-9-29(13-20(30)31)10-2-8-28-22(33)15-4-6-17(24(36)37)19(26)12-15/h3-6,11-12,34-37H,1-2,7-10,13H2,(H,27,32)(H,28,33)(H,30,31). The summed E-state index contributed by atoms with van der Waals surface area (Å²) < 4.78 is 27.6. The number of carboxylic acids is 1. The number of hydrogen-bond acceptors (Lipinski definition) is 8. The lowest BCUT2D eigenvalue weighted by Crippen LogP contribution is -2.36. The number of aliphatic carboxylic acids is 1. The number of amides is 2. The van der Waals surface area contributed by atoms with E-state index in [1.54, 1.807) is 4.90 Å². The zero-order valence-corrected chi connectivity index (χ0v) is 19.7. The Balaban J connectivity index is 1.76. The molecule has 37 heavy (non-hydrogen) atoms.